The summed E-state index contributed by atoms with van der Waals surface area (Å²) < 4.78 is 5.27. The van der Waals surface area contributed by atoms with E-state index < -0.39 is 0 Å². The van der Waals surface area contributed by atoms with Gasteiger partial charge in [-0.2, -0.15) is 0 Å². The molecule has 0 spiro atoms. The Labute approximate surface area is 90.2 Å². The van der Waals surface area contributed by atoms with E-state index in [1.54, 1.807) is 13.2 Å². The van der Waals surface area contributed by atoms with E-state index in [1.165, 1.54) is 0 Å². The molecule has 1 aromatic carbocycles. The first-order chi connectivity index (χ1) is 7.24. The van der Waals surface area contributed by atoms with Gasteiger partial charge in [-0.25, -0.2) is 0 Å². The first-order valence-corrected chi connectivity index (χ1v) is 5.13. The maximum absolute atomic E-state index is 11.7. The fourth-order valence-corrected chi connectivity index (χ4v) is 1.59. The summed E-state index contributed by atoms with van der Waals surface area (Å²) in [5, 5.41) is 0. The van der Waals surface area contributed by atoms with Crippen LogP contribution in [0, 0.1) is 0 Å². The molecule has 0 fully saturated rings. The Balaban J connectivity index is 3.11. The molecule has 3 heteroatoms. The van der Waals surface area contributed by atoms with E-state index in [-0.39, 0.29) is 5.78 Å². The largest absolute Gasteiger partial charge is 0.496 e. The van der Waals surface area contributed by atoms with E-state index >= 15 is 0 Å². The van der Waals surface area contributed by atoms with Gasteiger partial charge >= 0.3 is 0 Å². The molecule has 82 valence electrons. The molecule has 0 aliphatic heterocycles. The molecule has 0 saturated carbocycles. The molecule has 0 radical (unpaired) electrons. The van der Waals surface area contributed by atoms with Gasteiger partial charge in [-0.15, -0.1) is 0 Å². The van der Waals surface area contributed by atoms with E-state index in [0.29, 0.717) is 24.3 Å². The number of ether oxygens (including phenoxy) is 1. The second-order valence-corrected chi connectivity index (χ2v) is 3.31. The Bertz CT molecular complexity index is 347. The molecule has 0 aromatic heterocycles. The molecule has 0 atom stereocenters. The molecular weight excluding hydrogens is 190 g/mol. The van der Waals surface area contributed by atoms with Gasteiger partial charge in [0, 0.05) is 6.42 Å². The van der Waals surface area contributed by atoms with Crippen molar-refractivity contribution in [2.45, 2.75) is 19.8 Å². The average Bonchev–Trinajstić information content (AvgIpc) is 2.28. The van der Waals surface area contributed by atoms with E-state index in [0.717, 1.165) is 12.0 Å². The molecule has 15 heavy (non-hydrogen) atoms. The van der Waals surface area contributed by atoms with Crippen LogP contribution in [0.15, 0.2) is 18.2 Å². The van der Waals surface area contributed by atoms with Crippen molar-refractivity contribution >= 4 is 5.78 Å². The lowest BCUT2D eigenvalue weighted by molar-refractivity contribution is 0.0982. The van der Waals surface area contributed by atoms with Crippen LogP contribution in [0.5, 0.6) is 5.75 Å². The van der Waals surface area contributed by atoms with Crippen LogP contribution >= 0.6 is 0 Å². The van der Waals surface area contributed by atoms with Crippen LogP contribution in [0.1, 0.15) is 29.3 Å². The predicted octanol–water partition coefficient (Wildman–Crippen LogP) is 1.79. The van der Waals surface area contributed by atoms with Crippen molar-refractivity contribution in [1.29, 1.82) is 0 Å². The fraction of sp³-hybridized carbons (Fsp3) is 0.417. The summed E-state index contributed by atoms with van der Waals surface area (Å²) in [5.41, 5.74) is 7.06. The minimum Gasteiger partial charge on any atom is -0.496 e. The van der Waals surface area contributed by atoms with Gasteiger partial charge in [0.1, 0.15) is 5.75 Å². The van der Waals surface area contributed by atoms with Crippen LogP contribution in [-0.4, -0.2) is 19.4 Å². The number of aryl methyl sites for hydroxylation is 1. The summed E-state index contributed by atoms with van der Waals surface area (Å²) in [5.74, 6) is 0.739. The van der Waals surface area contributed by atoms with E-state index in [9.17, 15) is 4.79 Å². The number of para-hydroxylation sites is 1. The van der Waals surface area contributed by atoms with Crippen LogP contribution in [-0.2, 0) is 6.42 Å². The van der Waals surface area contributed by atoms with Crippen LogP contribution in [0.4, 0.5) is 0 Å². The smallest absolute Gasteiger partial charge is 0.167 e. The van der Waals surface area contributed by atoms with Gasteiger partial charge < -0.3 is 10.5 Å². The van der Waals surface area contributed by atoms with Gasteiger partial charge in [-0.3, -0.25) is 4.79 Å². The first kappa shape index (κ1) is 11.7. The quantitative estimate of drug-likeness (QED) is 0.749. The molecule has 0 amide bonds. The number of ketones is 1. The molecule has 0 bridgehead atoms. The van der Waals surface area contributed by atoms with Crippen LogP contribution < -0.4 is 10.5 Å². The minimum absolute atomic E-state index is 0.0460. The molecule has 0 aliphatic carbocycles. The lowest BCUT2D eigenvalue weighted by Crippen LogP contribution is -2.10. The van der Waals surface area contributed by atoms with Gasteiger partial charge in [0.2, 0.25) is 0 Å². The summed E-state index contributed by atoms with van der Waals surface area (Å²) in [6.45, 7) is 2.41. The van der Waals surface area contributed by atoms with Crippen molar-refractivity contribution in [2.24, 2.45) is 5.73 Å². The Hall–Kier alpha value is -1.35. The van der Waals surface area contributed by atoms with Gasteiger partial charge in [0.15, 0.2) is 5.78 Å². The number of benzene rings is 1. The lowest BCUT2D eigenvalue weighted by Gasteiger charge is -2.11. The number of nitrogens with two attached hydrogens (primary N) is 1. The Morgan fingerprint density at radius 2 is 2.20 bits per heavy atom. The fourth-order valence-electron chi connectivity index (χ4n) is 1.59. The molecule has 0 aliphatic rings. The van der Waals surface area contributed by atoms with Crippen molar-refractivity contribution in [3.05, 3.63) is 29.3 Å². The molecule has 0 unspecified atom stereocenters. The highest BCUT2D eigenvalue weighted by Crippen LogP contribution is 2.25. The third kappa shape index (κ3) is 2.57. The van der Waals surface area contributed by atoms with E-state index in [1.807, 2.05) is 19.1 Å². The van der Waals surface area contributed by atoms with Crippen molar-refractivity contribution in [1.82, 2.24) is 0 Å². The number of methoxy groups -OCH3 is 1. The third-order valence-electron chi connectivity index (χ3n) is 2.35. The monoisotopic (exact) mass is 207 g/mol. The maximum atomic E-state index is 11.7. The van der Waals surface area contributed by atoms with E-state index in [2.05, 4.69) is 0 Å². The molecule has 0 heterocycles. The molecule has 1 aromatic rings. The number of rotatable bonds is 5. The number of Topliss-reactive ketones (excluding diaryl/α,β-unsaturated/α-hetero) is 1. The second-order valence-electron chi connectivity index (χ2n) is 3.31. The number of hydrogen-bond donors (Lipinski definition) is 1. The van der Waals surface area contributed by atoms with Gasteiger partial charge in [0.25, 0.3) is 0 Å². The summed E-state index contributed by atoms with van der Waals surface area (Å²) in [6, 6.07) is 5.64. The maximum Gasteiger partial charge on any atom is 0.167 e. The zero-order chi connectivity index (χ0) is 11.3. The third-order valence-corrected chi connectivity index (χ3v) is 2.35. The van der Waals surface area contributed by atoms with Crippen molar-refractivity contribution in [3.63, 3.8) is 0 Å². The lowest BCUT2D eigenvalue weighted by atomic mass is 10.0. The molecule has 3 nitrogen and oxygen atoms in total. The zero-order valence-electron chi connectivity index (χ0n) is 9.25. The highest BCUT2D eigenvalue weighted by molar-refractivity contribution is 5.99. The van der Waals surface area contributed by atoms with Crippen LogP contribution in [0.3, 0.4) is 0 Å². The molecule has 2 N–H and O–H groups in total. The number of hydrogen-bond acceptors (Lipinski definition) is 3. The van der Waals surface area contributed by atoms with Gasteiger partial charge in [0.05, 0.1) is 12.7 Å². The Kier molecular flexibility index (Phi) is 4.31. The van der Waals surface area contributed by atoms with Crippen molar-refractivity contribution in [2.75, 3.05) is 13.7 Å². The number of carbonyl (C=O) groups excluding carboxylic acids is 1. The first-order valence-electron chi connectivity index (χ1n) is 5.13. The molecule has 1 rings (SSSR count). The Morgan fingerprint density at radius 3 is 2.73 bits per heavy atom. The van der Waals surface area contributed by atoms with Crippen LogP contribution in [0.2, 0.25) is 0 Å². The average molecular weight is 207 g/mol. The van der Waals surface area contributed by atoms with E-state index in [4.69, 9.17) is 10.5 Å². The SMILES string of the molecule is CCc1cccc(C(=O)CCN)c1OC. The predicted molar refractivity (Wildman–Crippen MR) is 60.4 cm³/mol. The summed E-state index contributed by atoms with van der Waals surface area (Å²) in [6.07, 6.45) is 1.22. The highest BCUT2D eigenvalue weighted by atomic mass is 16.5. The van der Waals surface area contributed by atoms with Gasteiger partial charge in [-0.1, -0.05) is 19.1 Å². The zero-order valence-corrected chi connectivity index (χ0v) is 9.25. The molecular formula is C12H17NO2. The second kappa shape index (κ2) is 5.51. The summed E-state index contributed by atoms with van der Waals surface area (Å²) in [7, 11) is 1.59. The normalized spacial score (nSPS) is 10.1. The van der Waals surface area contributed by atoms with Crippen LogP contribution in [0.25, 0.3) is 0 Å². The summed E-state index contributed by atoms with van der Waals surface area (Å²) >= 11 is 0. The van der Waals surface area contributed by atoms with Crippen molar-refractivity contribution < 1.29 is 9.53 Å². The minimum atomic E-state index is 0.0460. The van der Waals surface area contributed by atoms with Gasteiger partial charge in [-0.05, 0) is 24.6 Å². The standard InChI is InChI=1S/C12H17NO2/c1-3-9-5-4-6-10(12(9)15-2)11(14)7-8-13/h4-6H,3,7-8,13H2,1-2H3. The Morgan fingerprint density at radius 1 is 1.47 bits per heavy atom. The topological polar surface area (TPSA) is 52.3 Å². The van der Waals surface area contributed by atoms with Crippen molar-refractivity contribution in [3.8, 4) is 5.75 Å². The summed E-state index contributed by atoms with van der Waals surface area (Å²) in [4.78, 5) is 11.7. The number of carbonyl (C=O) groups is 1. The molecule has 0 saturated heterocycles. The highest BCUT2D eigenvalue weighted by Gasteiger charge is 2.13.